The summed E-state index contributed by atoms with van der Waals surface area (Å²) in [5.41, 5.74) is 1.09. The van der Waals surface area contributed by atoms with Gasteiger partial charge in [-0.1, -0.05) is 32.0 Å². The van der Waals surface area contributed by atoms with Crippen molar-refractivity contribution in [3.63, 3.8) is 0 Å². The summed E-state index contributed by atoms with van der Waals surface area (Å²) >= 11 is 0. The quantitative estimate of drug-likeness (QED) is 0.828. The number of amides is 1. The van der Waals surface area contributed by atoms with E-state index in [1.54, 1.807) is 0 Å². The van der Waals surface area contributed by atoms with Crippen molar-refractivity contribution in [3.05, 3.63) is 29.8 Å². The lowest BCUT2D eigenvalue weighted by atomic mass is 10.00. The molecule has 16 heavy (non-hydrogen) atoms. The van der Waals surface area contributed by atoms with E-state index >= 15 is 0 Å². The van der Waals surface area contributed by atoms with Crippen LogP contribution in [0.1, 0.15) is 31.9 Å². The number of hydrogen-bond donors (Lipinski definition) is 1. The standard InChI is InChI=1S/C13H17NO2/c1-9(2)13(15)14-11-7-8-16-12-6-4-3-5-10(11)12/h3-6,9,11H,7-8H2,1-2H3,(H,14,15)/t11-/m1/s1. The predicted octanol–water partition coefficient (Wildman–Crippen LogP) is 2.28. The summed E-state index contributed by atoms with van der Waals surface area (Å²) in [5.74, 6) is 1.01. The van der Waals surface area contributed by atoms with Gasteiger partial charge >= 0.3 is 0 Å². The van der Waals surface area contributed by atoms with Crippen LogP contribution in [-0.4, -0.2) is 12.5 Å². The Morgan fingerprint density at radius 3 is 2.94 bits per heavy atom. The highest BCUT2D eigenvalue weighted by Gasteiger charge is 2.23. The first-order valence-corrected chi connectivity index (χ1v) is 5.70. The number of hydrogen-bond acceptors (Lipinski definition) is 2. The van der Waals surface area contributed by atoms with E-state index in [1.807, 2.05) is 38.1 Å². The summed E-state index contributed by atoms with van der Waals surface area (Å²) in [6.07, 6.45) is 0.843. The average molecular weight is 219 g/mol. The van der Waals surface area contributed by atoms with Crippen LogP contribution in [0.4, 0.5) is 0 Å². The number of fused-ring (bicyclic) bond motifs is 1. The van der Waals surface area contributed by atoms with Crippen molar-refractivity contribution in [2.24, 2.45) is 5.92 Å². The Bertz CT molecular complexity index is 387. The van der Waals surface area contributed by atoms with Crippen LogP contribution in [-0.2, 0) is 4.79 Å². The SMILES string of the molecule is CC(C)C(=O)N[C@@H]1CCOc2ccccc21. The van der Waals surface area contributed by atoms with Crippen LogP contribution in [0, 0.1) is 5.92 Å². The summed E-state index contributed by atoms with van der Waals surface area (Å²) < 4.78 is 5.54. The monoisotopic (exact) mass is 219 g/mol. The van der Waals surface area contributed by atoms with Crippen molar-refractivity contribution in [2.75, 3.05) is 6.61 Å². The molecule has 1 aliphatic heterocycles. The Morgan fingerprint density at radius 2 is 2.19 bits per heavy atom. The first-order valence-electron chi connectivity index (χ1n) is 5.70. The average Bonchev–Trinajstić information content (AvgIpc) is 2.29. The molecule has 0 fully saturated rings. The van der Waals surface area contributed by atoms with Crippen molar-refractivity contribution in [1.82, 2.24) is 5.32 Å². The van der Waals surface area contributed by atoms with E-state index in [0.29, 0.717) is 6.61 Å². The van der Waals surface area contributed by atoms with Crippen molar-refractivity contribution >= 4 is 5.91 Å². The minimum absolute atomic E-state index is 0.0232. The minimum atomic E-state index is 0.0232. The summed E-state index contributed by atoms with van der Waals surface area (Å²) in [6, 6.07) is 7.98. The highest BCUT2D eigenvalue weighted by Crippen LogP contribution is 2.31. The molecule has 0 radical (unpaired) electrons. The molecule has 1 aromatic carbocycles. The van der Waals surface area contributed by atoms with Crippen LogP contribution in [0.15, 0.2) is 24.3 Å². The number of ether oxygens (including phenoxy) is 1. The molecule has 2 rings (SSSR count). The molecule has 1 amide bonds. The van der Waals surface area contributed by atoms with Crippen LogP contribution < -0.4 is 10.1 Å². The van der Waals surface area contributed by atoms with Gasteiger partial charge in [-0.2, -0.15) is 0 Å². The Hall–Kier alpha value is -1.51. The Morgan fingerprint density at radius 1 is 1.44 bits per heavy atom. The number of nitrogens with one attached hydrogen (secondary N) is 1. The number of carbonyl (C=O) groups is 1. The van der Waals surface area contributed by atoms with Crippen LogP contribution in [0.3, 0.4) is 0 Å². The van der Waals surface area contributed by atoms with E-state index < -0.39 is 0 Å². The van der Waals surface area contributed by atoms with E-state index in [1.165, 1.54) is 0 Å². The summed E-state index contributed by atoms with van der Waals surface area (Å²) in [4.78, 5) is 11.7. The molecule has 1 atom stereocenters. The van der Waals surface area contributed by atoms with Gasteiger partial charge in [-0.25, -0.2) is 0 Å². The van der Waals surface area contributed by atoms with Crippen molar-refractivity contribution in [2.45, 2.75) is 26.3 Å². The number of benzene rings is 1. The molecular weight excluding hydrogens is 202 g/mol. The van der Waals surface area contributed by atoms with Gasteiger partial charge in [0.2, 0.25) is 5.91 Å². The zero-order valence-electron chi connectivity index (χ0n) is 9.69. The van der Waals surface area contributed by atoms with Crippen molar-refractivity contribution < 1.29 is 9.53 Å². The van der Waals surface area contributed by atoms with Gasteiger partial charge in [-0.3, -0.25) is 4.79 Å². The highest BCUT2D eigenvalue weighted by molar-refractivity contribution is 5.78. The van der Waals surface area contributed by atoms with Crippen LogP contribution in [0.2, 0.25) is 0 Å². The number of carbonyl (C=O) groups excluding carboxylic acids is 1. The maximum Gasteiger partial charge on any atom is 0.223 e. The number of rotatable bonds is 2. The molecule has 0 spiro atoms. The van der Waals surface area contributed by atoms with E-state index in [4.69, 9.17) is 4.74 Å². The number of para-hydroxylation sites is 1. The maximum atomic E-state index is 11.7. The maximum absolute atomic E-state index is 11.7. The fraction of sp³-hybridized carbons (Fsp3) is 0.462. The molecular formula is C13H17NO2. The third kappa shape index (κ3) is 2.18. The fourth-order valence-electron chi connectivity index (χ4n) is 1.83. The fourth-order valence-corrected chi connectivity index (χ4v) is 1.83. The molecule has 1 aliphatic rings. The summed E-state index contributed by atoms with van der Waals surface area (Å²) in [6.45, 7) is 4.47. The van der Waals surface area contributed by atoms with Crippen LogP contribution >= 0.6 is 0 Å². The first kappa shape index (κ1) is 11.0. The van der Waals surface area contributed by atoms with Gasteiger partial charge in [0.1, 0.15) is 5.75 Å². The first-order chi connectivity index (χ1) is 7.68. The summed E-state index contributed by atoms with van der Waals surface area (Å²) in [7, 11) is 0. The van der Waals surface area contributed by atoms with Crippen molar-refractivity contribution in [1.29, 1.82) is 0 Å². The Labute approximate surface area is 95.8 Å². The molecule has 3 nitrogen and oxygen atoms in total. The van der Waals surface area contributed by atoms with Crippen LogP contribution in [0.5, 0.6) is 5.75 Å². The van der Waals surface area contributed by atoms with E-state index in [2.05, 4.69) is 5.32 Å². The molecule has 1 heterocycles. The second kappa shape index (κ2) is 4.56. The zero-order valence-corrected chi connectivity index (χ0v) is 9.69. The third-order valence-corrected chi connectivity index (χ3v) is 2.80. The lowest BCUT2D eigenvalue weighted by Crippen LogP contribution is -2.34. The highest BCUT2D eigenvalue weighted by atomic mass is 16.5. The molecule has 0 aromatic heterocycles. The largest absolute Gasteiger partial charge is 0.493 e. The Balaban J connectivity index is 2.16. The lowest BCUT2D eigenvalue weighted by molar-refractivity contribution is -0.124. The molecule has 0 saturated heterocycles. The van der Waals surface area contributed by atoms with E-state index in [0.717, 1.165) is 17.7 Å². The molecule has 0 bridgehead atoms. The van der Waals surface area contributed by atoms with Gasteiger partial charge < -0.3 is 10.1 Å². The van der Waals surface area contributed by atoms with Gasteiger partial charge in [-0.05, 0) is 6.07 Å². The van der Waals surface area contributed by atoms with Crippen molar-refractivity contribution in [3.8, 4) is 5.75 Å². The molecule has 0 aliphatic carbocycles. The molecule has 0 unspecified atom stereocenters. The van der Waals surface area contributed by atoms with Gasteiger partial charge in [0, 0.05) is 17.9 Å². The topological polar surface area (TPSA) is 38.3 Å². The van der Waals surface area contributed by atoms with E-state index in [-0.39, 0.29) is 17.9 Å². The smallest absolute Gasteiger partial charge is 0.223 e. The lowest BCUT2D eigenvalue weighted by Gasteiger charge is -2.27. The zero-order chi connectivity index (χ0) is 11.5. The third-order valence-electron chi connectivity index (χ3n) is 2.80. The van der Waals surface area contributed by atoms with Gasteiger partial charge in [0.15, 0.2) is 0 Å². The molecule has 1 N–H and O–H groups in total. The minimum Gasteiger partial charge on any atom is -0.493 e. The van der Waals surface area contributed by atoms with Gasteiger partial charge in [-0.15, -0.1) is 0 Å². The molecule has 3 heteroatoms. The van der Waals surface area contributed by atoms with Gasteiger partial charge in [0.25, 0.3) is 0 Å². The second-order valence-corrected chi connectivity index (χ2v) is 4.39. The van der Waals surface area contributed by atoms with Crippen LogP contribution in [0.25, 0.3) is 0 Å². The van der Waals surface area contributed by atoms with Gasteiger partial charge in [0.05, 0.1) is 12.6 Å². The Kier molecular flexibility index (Phi) is 3.13. The molecule has 0 saturated carbocycles. The normalized spacial score (nSPS) is 18.8. The second-order valence-electron chi connectivity index (χ2n) is 4.39. The predicted molar refractivity (Wildman–Crippen MR) is 62.3 cm³/mol. The molecule has 1 aromatic rings. The van der Waals surface area contributed by atoms with E-state index in [9.17, 15) is 4.79 Å². The summed E-state index contributed by atoms with van der Waals surface area (Å²) in [5, 5.41) is 3.06. The molecule has 86 valence electrons.